The van der Waals surface area contributed by atoms with Crippen molar-refractivity contribution in [2.24, 2.45) is 0 Å². The maximum absolute atomic E-state index is 10.8. The SMILES string of the molecule is N#CCNC(=O)NC1CCC1. The summed E-state index contributed by atoms with van der Waals surface area (Å²) in [6, 6.07) is 1.95. The molecular weight excluding hydrogens is 142 g/mol. The summed E-state index contributed by atoms with van der Waals surface area (Å²) >= 11 is 0. The average Bonchev–Trinajstić information content (AvgIpc) is 1.93. The van der Waals surface area contributed by atoms with Gasteiger partial charge in [0, 0.05) is 6.04 Å². The van der Waals surface area contributed by atoms with Crippen LogP contribution in [0.4, 0.5) is 4.79 Å². The Morgan fingerprint density at radius 2 is 2.36 bits per heavy atom. The molecule has 0 radical (unpaired) electrons. The lowest BCUT2D eigenvalue weighted by molar-refractivity contribution is 0.229. The lowest BCUT2D eigenvalue weighted by Crippen LogP contribution is -2.45. The molecule has 1 aliphatic carbocycles. The van der Waals surface area contributed by atoms with E-state index in [4.69, 9.17) is 5.26 Å². The normalized spacial score (nSPS) is 16.3. The Morgan fingerprint density at radius 3 is 2.82 bits per heavy atom. The maximum Gasteiger partial charge on any atom is 0.315 e. The van der Waals surface area contributed by atoms with Crippen LogP contribution in [0.25, 0.3) is 0 Å². The number of rotatable bonds is 2. The number of hydrogen-bond acceptors (Lipinski definition) is 2. The summed E-state index contributed by atoms with van der Waals surface area (Å²) in [5.74, 6) is 0. The zero-order chi connectivity index (χ0) is 8.10. The van der Waals surface area contributed by atoms with Crippen LogP contribution in [0, 0.1) is 11.3 Å². The molecule has 1 saturated carbocycles. The first-order chi connectivity index (χ1) is 5.33. The molecule has 0 heterocycles. The molecule has 0 aromatic heterocycles. The van der Waals surface area contributed by atoms with Gasteiger partial charge in [0.05, 0.1) is 6.07 Å². The minimum atomic E-state index is -0.226. The van der Waals surface area contributed by atoms with E-state index in [0.29, 0.717) is 6.04 Å². The molecule has 0 bridgehead atoms. The Labute approximate surface area is 65.6 Å². The Bertz CT molecular complexity index is 181. The van der Waals surface area contributed by atoms with Gasteiger partial charge in [-0.2, -0.15) is 5.26 Å². The smallest absolute Gasteiger partial charge is 0.315 e. The van der Waals surface area contributed by atoms with Gasteiger partial charge in [-0.25, -0.2) is 4.79 Å². The monoisotopic (exact) mass is 153 g/mol. The molecule has 4 nitrogen and oxygen atoms in total. The number of amides is 2. The van der Waals surface area contributed by atoms with Crippen LogP contribution in [0.5, 0.6) is 0 Å². The first-order valence-corrected chi connectivity index (χ1v) is 3.74. The number of nitrogens with one attached hydrogen (secondary N) is 2. The van der Waals surface area contributed by atoms with Crippen LogP contribution in [0.15, 0.2) is 0 Å². The second kappa shape index (κ2) is 3.81. The van der Waals surface area contributed by atoms with E-state index in [0.717, 1.165) is 12.8 Å². The quantitative estimate of drug-likeness (QED) is 0.562. The molecule has 0 spiro atoms. The van der Waals surface area contributed by atoms with Gasteiger partial charge in [0.2, 0.25) is 0 Å². The Morgan fingerprint density at radius 1 is 1.64 bits per heavy atom. The summed E-state index contributed by atoms with van der Waals surface area (Å²) in [5, 5.41) is 13.3. The third-order valence-corrected chi connectivity index (χ3v) is 1.77. The van der Waals surface area contributed by atoms with Crippen LogP contribution >= 0.6 is 0 Å². The van der Waals surface area contributed by atoms with E-state index in [2.05, 4.69) is 10.6 Å². The van der Waals surface area contributed by atoms with Crippen LogP contribution < -0.4 is 10.6 Å². The topological polar surface area (TPSA) is 64.9 Å². The van der Waals surface area contributed by atoms with Crippen molar-refractivity contribution >= 4 is 6.03 Å². The zero-order valence-corrected chi connectivity index (χ0v) is 6.26. The number of hydrogen-bond donors (Lipinski definition) is 2. The molecule has 4 heteroatoms. The van der Waals surface area contributed by atoms with Crippen LogP contribution in [0.3, 0.4) is 0 Å². The second-order valence-corrected chi connectivity index (χ2v) is 2.61. The third kappa shape index (κ3) is 2.46. The minimum absolute atomic E-state index is 0.0819. The Kier molecular flexibility index (Phi) is 2.73. The number of urea groups is 1. The summed E-state index contributed by atoms with van der Waals surface area (Å²) in [6.07, 6.45) is 3.34. The van der Waals surface area contributed by atoms with E-state index in [1.165, 1.54) is 6.42 Å². The van der Waals surface area contributed by atoms with Gasteiger partial charge in [-0.3, -0.25) is 0 Å². The number of nitriles is 1. The van der Waals surface area contributed by atoms with E-state index in [1.54, 1.807) is 0 Å². The lowest BCUT2D eigenvalue weighted by Gasteiger charge is -2.26. The van der Waals surface area contributed by atoms with Crippen molar-refractivity contribution in [3.8, 4) is 6.07 Å². The van der Waals surface area contributed by atoms with Gasteiger partial charge in [-0.15, -0.1) is 0 Å². The molecule has 0 atom stereocenters. The molecule has 60 valence electrons. The molecule has 0 aromatic rings. The molecule has 2 N–H and O–H groups in total. The van der Waals surface area contributed by atoms with Crippen LogP contribution in [0.1, 0.15) is 19.3 Å². The highest BCUT2D eigenvalue weighted by Crippen LogP contribution is 2.17. The lowest BCUT2D eigenvalue weighted by atomic mass is 9.93. The zero-order valence-electron chi connectivity index (χ0n) is 6.26. The van der Waals surface area contributed by atoms with Crippen LogP contribution in [0.2, 0.25) is 0 Å². The molecule has 0 saturated heterocycles. The van der Waals surface area contributed by atoms with E-state index in [-0.39, 0.29) is 12.6 Å². The van der Waals surface area contributed by atoms with Crippen LogP contribution in [-0.4, -0.2) is 18.6 Å². The van der Waals surface area contributed by atoms with E-state index in [1.807, 2.05) is 6.07 Å². The number of nitrogens with zero attached hydrogens (tertiary/aromatic N) is 1. The number of carbonyl (C=O) groups is 1. The Hall–Kier alpha value is -1.24. The second-order valence-electron chi connectivity index (χ2n) is 2.61. The highest BCUT2D eigenvalue weighted by molar-refractivity contribution is 5.74. The highest BCUT2D eigenvalue weighted by atomic mass is 16.2. The average molecular weight is 153 g/mol. The van der Waals surface area contributed by atoms with Crippen molar-refractivity contribution < 1.29 is 4.79 Å². The summed E-state index contributed by atoms with van der Waals surface area (Å²) in [7, 11) is 0. The Balaban J connectivity index is 2.06. The molecule has 1 aliphatic rings. The first-order valence-electron chi connectivity index (χ1n) is 3.74. The predicted octanol–water partition coefficient (Wildman–Crippen LogP) is 0.362. The van der Waals surface area contributed by atoms with Gasteiger partial charge in [0.1, 0.15) is 6.54 Å². The van der Waals surface area contributed by atoms with Gasteiger partial charge >= 0.3 is 6.03 Å². The maximum atomic E-state index is 10.8. The van der Waals surface area contributed by atoms with E-state index < -0.39 is 0 Å². The fraction of sp³-hybridized carbons (Fsp3) is 0.714. The third-order valence-electron chi connectivity index (χ3n) is 1.77. The summed E-state index contributed by atoms with van der Waals surface area (Å²) in [6.45, 7) is 0.0819. The minimum Gasteiger partial charge on any atom is -0.335 e. The molecular formula is C7H11N3O. The molecule has 1 rings (SSSR count). The van der Waals surface area contributed by atoms with Crippen molar-refractivity contribution in [1.29, 1.82) is 5.26 Å². The molecule has 11 heavy (non-hydrogen) atoms. The van der Waals surface area contributed by atoms with Gasteiger partial charge in [-0.1, -0.05) is 0 Å². The molecule has 0 aromatic carbocycles. The van der Waals surface area contributed by atoms with Gasteiger partial charge in [0.15, 0.2) is 0 Å². The molecule has 0 aliphatic heterocycles. The van der Waals surface area contributed by atoms with Gasteiger partial charge in [-0.05, 0) is 19.3 Å². The molecule has 1 fully saturated rings. The molecule has 2 amide bonds. The van der Waals surface area contributed by atoms with Gasteiger partial charge < -0.3 is 10.6 Å². The highest BCUT2D eigenvalue weighted by Gasteiger charge is 2.18. The summed E-state index contributed by atoms with van der Waals surface area (Å²) in [4.78, 5) is 10.8. The fourth-order valence-electron chi connectivity index (χ4n) is 0.909. The molecule has 0 unspecified atom stereocenters. The fourth-order valence-corrected chi connectivity index (χ4v) is 0.909. The van der Waals surface area contributed by atoms with Crippen molar-refractivity contribution in [3.63, 3.8) is 0 Å². The summed E-state index contributed by atoms with van der Waals surface area (Å²) < 4.78 is 0. The number of carbonyl (C=O) groups excluding carboxylic acids is 1. The standard InChI is InChI=1S/C7H11N3O/c8-4-5-9-7(11)10-6-2-1-3-6/h6H,1-3,5H2,(H2,9,10,11). The largest absolute Gasteiger partial charge is 0.335 e. The van der Waals surface area contributed by atoms with Crippen LogP contribution in [-0.2, 0) is 0 Å². The van der Waals surface area contributed by atoms with Gasteiger partial charge in [0.25, 0.3) is 0 Å². The summed E-state index contributed by atoms with van der Waals surface area (Å²) in [5.41, 5.74) is 0. The van der Waals surface area contributed by atoms with Crippen molar-refractivity contribution in [3.05, 3.63) is 0 Å². The van der Waals surface area contributed by atoms with Crippen molar-refractivity contribution in [2.45, 2.75) is 25.3 Å². The van der Waals surface area contributed by atoms with Crippen molar-refractivity contribution in [2.75, 3.05) is 6.54 Å². The van der Waals surface area contributed by atoms with E-state index in [9.17, 15) is 4.79 Å². The first kappa shape index (κ1) is 7.86. The van der Waals surface area contributed by atoms with Crippen molar-refractivity contribution in [1.82, 2.24) is 10.6 Å². The van der Waals surface area contributed by atoms with E-state index >= 15 is 0 Å². The predicted molar refractivity (Wildman–Crippen MR) is 39.8 cm³/mol.